The van der Waals surface area contributed by atoms with Crippen molar-refractivity contribution in [2.45, 2.75) is 13.5 Å². The molecule has 1 heterocycles. The van der Waals surface area contributed by atoms with Gasteiger partial charge in [0.15, 0.2) is 5.57 Å². The molecule has 0 spiro atoms. The number of benzene rings is 1. The third-order valence-electron chi connectivity index (χ3n) is 3.45. The number of nitrogens with one attached hydrogen (secondary N) is 1. The summed E-state index contributed by atoms with van der Waals surface area (Å²) in [5.74, 6) is 0.503. The Labute approximate surface area is 139 Å². The lowest BCUT2D eigenvalue weighted by Crippen LogP contribution is -2.04. The monoisotopic (exact) mass is 318 g/mol. The molecule has 0 unspecified atom stereocenters. The van der Waals surface area contributed by atoms with Crippen LogP contribution < -0.4 is 10.1 Å². The van der Waals surface area contributed by atoms with Crippen LogP contribution in [0.4, 0.5) is 5.69 Å². The van der Waals surface area contributed by atoms with Crippen LogP contribution in [0.2, 0.25) is 0 Å². The lowest BCUT2D eigenvalue weighted by Gasteiger charge is -2.12. The first-order valence-corrected chi connectivity index (χ1v) is 7.01. The van der Waals surface area contributed by atoms with Gasteiger partial charge in [-0.05, 0) is 19.1 Å². The topological polar surface area (TPSA) is 110 Å². The maximum Gasteiger partial charge on any atom is 0.163 e. The Bertz CT molecular complexity index is 888. The zero-order chi connectivity index (χ0) is 17.5. The van der Waals surface area contributed by atoms with E-state index in [4.69, 9.17) is 20.5 Å². The smallest absolute Gasteiger partial charge is 0.163 e. The molecule has 0 amide bonds. The first-order chi connectivity index (χ1) is 11.6. The average Bonchev–Trinajstić information content (AvgIpc) is 2.92. The van der Waals surface area contributed by atoms with Gasteiger partial charge in [-0.25, -0.2) is 0 Å². The summed E-state index contributed by atoms with van der Waals surface area (Å²) in [4.78, 5) is 0. The summed E-state index contributed by atoms with van der Waals surface area (Å²) in [5.41, 5.74) is 2.04. The summed E-state index contributed by atoms with van der Waals surface area (Å²) in [5, 5.41) is 33.9. The number of hydrogen-bond donors (Lipinski definition) is 1. The Morgan fingerprint density at radius 2 is 1.92 bits per heavy atom. The number of hydrogen-bond acceptors (Lipinski definition) is 6. The van der Waals surface area contributed by atoms with E-state index in [1.54, 1.807) is 47.3 Å². The van der Waals surface area contributed by atoms with Gasteiger partial charge in [0, 0.05) is 18.3 Å². The highest BCUT2D eigenvalue weighted by atomic mass is 16.5. The van der Waals surface area contributed by atoms with Crippen molar-refractivity contribution < 1.29 is 4.74 Å². The number of allylic oxidation sites excluding steroid dienone is 2. The van der Waals surface area contributed by atoms with Crippen LogP contribution in [0.5, 0.6) is 5.75 Å². The molecule has 0 atom stereocenters. The van der Waals surface area contributed by atoms with Crippen LogP contribution in [0.15, 0.2) is 41.7 Å². The van der Waals surface area contributed by atoms with Crippen molar-refractivity contribution in [1.82, 2.24) is 9.78 Å². The summed E-state index contributed by atoms with van der Waals surface area (Å²) in [6.45, 7) is 2.26. The molecule has 1 aromatic carbocycles. The Balaban J connectivity index is 2.24. The minimum Gasteiger partial charge on any atom is -0.487 e. The summed E-state index contributed by atoms with van der Waals surface area (Å²) in [7, 11) is 1.85. The van der Waals surface area contributed by atoms with Gasteiger partial charge in [0.2, 0.25) is 0 Å². The highest BCUT2D eigenvalue weighted by Gasteiger charge is 2.11. The van der Waals surface area contributed by atoms with Crippen LogP contribution in [0.1, 0.15) is 11.3 Å². The van der Waals surface area contributed by atoms with E-state index in [-0.39, 0.29) is 11.3 Å². The number of rotatable bonds is 5. The second-order valence-electron chi connectivity index (χ2n) is 4.87. The molecule has 0 saturated carbocycles. The molecule has 0 bridgehead atoms. The Morgan fingerprint density at radius 1 is 1.21 bits per heavy atom. The number of nitriles is 3. The molecule has 7 nitrogen and oxygen atoms in total. The normalized spacial score (nSPS) is 9.29. The summed E-state index contributed by atoms with van der Waals surface area (Å²) >= 11 is 0. The van der Waals surface area contributed by atoms with Crippen molar-refractivity contribution in [2.24, 2.45) is 7.05 Å². The van der Waals surface area contributed by atoms with Gasteiger partial charge in [-0.15, -0.1) is 0 Å². The lowest BCUT2D eigenvalue weighted by molar-refractivity contribution is 0.307. The van der Waals surface area contributed by atoms with Crippen LogP contribution in [0.3, 0.4) is 0 Å². The number of aryl methyl sites for hydroxylation is 1. The molecule has 0 aliphatic carbocycles. The highest BCUT2D eigenvalue weighted by molar-refractivity contribution is 5.64. The largest absolute Gasteiger partial charge is 0.487 e. The maximum absolute atomic E-state index is 9.13. The molecule has 0 fully saturated rings. The van der Waals surface area contributed by atoms with Gasteiger partial charge in [0.05, 0.1) is 11.9 Å². The maximum atomic E-state index is 9.13. The van der Waals surface area contributed by atoms with E-state index in [2.05, 4.69) is 10.4 Å². The summed E-state index contributed by atoms with van der Waals surface area (Å²) in [6, 6.07) is 12.2. The second kappa shape index (κ2) is 7.49. The quantitative estimate of drug-likeness (QED) is 0.848. The van der Waals surface area contributed by atoms with Gasteiger partial charge in [0.25, 0.3) is 0 Å². The van der Waals surface area contributed by atoms with Crippen molar-refractivity contribution in [3.63, 3.8) is 0 Å². The van der Waals surface area contributed by atoms with Crippen molar-refractivity contribution in [3.05, 3.63) is 53.0 Å². The summed E-state index contributed by atoms with van der Waals surface area (Å²) in [6.07, 6.45) is 1.73. The zero-order valence-electron chi connectivity index (χ0n) is 13.2. The van der Waals surface area contributed by atoms with Gasteiger partial charge in [-0.1, -0.05) is 12.1 Å². The molecule has 0 radical (unpaired) electrons. The number of anilines is 1. The second-order valence-corrected chi connectivity index (χ2v) is 4.87. The fraction of sp³-hybridized carbons (Fsp3) is 0.176. The molecule has 24 heavy (non-hydrogen) atoms. The minimum atomic E-state index is -0.282. The highest BCUT2D eigenvalue weighted by Crippen LogP contribution is 2.26. The average molecular weight is 318 g/mol. The fourth-order valence-electron chi connectivity index (χ4n) is 1.95. The Morgan fingerprint density at radius 3 is 2.50 bits per heavy atom. The molecular formula is C17H14N6O. The Hall–Kier alpha value is -3.76. The molecule has 118 valence electrons. The van der Waals surface area contributed by atoms with Crippen LogP contribution in [0, 0.1) is 40.9 Å². The van der Waals surface area contributed by atoms with E-state index >= 15 is 0 Å². The number of nitrogens with zero attached hydrogens (tertiary/aromatic N) is 5. The van der Waals surface area contributed by atoms with Gasteiger partial charge < -0.3 is 10.1 Å². The molecule has 2 rings (SSSR count). The minimum absolute atomic E-state index is 0.117. The molecule has 2 aromatic rings. The standard InChI is InChI=1S/C17H14N6O/c1-12-14(10-21-23(12)2)11-24-17-6-4-3-5-15(17)22-16(9-20)13(7-18)8-19/h3-6,10,22H,11H2,1-2H3. The first-order valence-electron chi connectivity index (χ1n) is 7.01. The van der Waals surface area contributed by atoms with Gasteiger partial charge in [-0.3, -0.25) is 4.68 Å². The van der Waals surface area contributed by atoms with Crippen LogP contribution in [0.25, 0.3) is 0 Å². The van der Waals surface area contributed by atoms with E-state index in [1.807, 2.05) is 20.0 Å². The van der Waals surface area contributed by atoms with Crippen LogP contribution in [-0.2, 0) is 13.7 Å². The van der Waals surface area contributed by atoms with E-state index in [0.717, 1.165) is 11.3 Å². The van der Waals surface area contributed by atoms with Crippen molar-refractivity contribution in [1.29, 1.82) is 15.8 Å². The number of para-hydroxylation sites is 2. The van der Waals surface area contributed by atoms with Crippen LogP contribution in [-0.4, -0.2) is 9.78 Å². The van der Waals surface area contributed by atoms with Gasteiger partial charge in [-0.2, -0.15) is 20.9 Å². The third-order valence-corrected chi connectivity index (χ3v) is 3.45. The Kier molecular flexibility index (Phi) is 5.18. The molecule has 1 aromatic heterocycles. The van der Waals surface area contributed by atoms with Crippen molar-refractivity contribution >= 4 is 5.69 Å². The van der Waals surface area contributed by atoms with Crippen molar-refractivity contribution in [2.75, 3.05) is 5.32 Å². The third kappa shape index (κ3) is 3.52. The SMILES string of the molecule is Cc1c(COc2ccccc2NC(C#N)=C(C#N)C#N)cnn1C. The number of ether oxygens (including phenoxy) is 1. The van der Waals surface area contributed by atoms with E-state index in [0.29, 0.717) is 18.0 Å². The molecule has 0 aliphatic rings. The van der Waals surface area contributed by atoms with E-state index in [1.165, 1.54) is 0 Å². The molecule has 7 heteroatoms. The lowest BCUT2D eigenvalue weighted by atomic mass is 10.2. The zero-order valence-corrected chi connectivity index (χ0v) is 13.2. The summed E-state index contributed by atoms with van der Waals surface area (Å²) < 4.78 is 7.55. The molecule has 0 saturated heterocycles. The van der Waals surface area contributed by atoms with Gasteiger partial charge in [0.1, 0.15) is 36.3 Å². The molecular weight excluding hydrogens is 304 g/mol. The predicted octanol–water partition coefficient (Wildman–Crippen LogP) is 2.54. The van der Waals surface area contributed by atoms with Crippen molar-refractivity contribution in [3.8, 4) is 24.0 Å². The fourth-order valence-corrected chi connectivity index (χ4v) is 1.95. The van der Waals surface area contributed by atoms with Gasteiger partial charge >= 0.3 is 0 Å². The van der Waals surface area contributed by atoms with E-state index < -0.39 is 0 Å². The first kappa shape index (κ1) is 16.6. The van der Waals surface area contributed by atoms with E-state index in [9.17, 15) is 0 Å². The van der Waals surface area contributed by atoms with Crippen LogP contribution >= 0.6 is 0 Å². The molecule has 0 aliphatic heterocycles. The predicted molar refractivity (Wildman–Crippen MR) is 86.2 cm³/mol. The molecule has 1 N–H and O–H groups in total. The number of aromatic nitrogens is 2.